The molecule has 1 heterocycles. The SMILES string of the molecule is COc1cc2occ(-c3ccccc3)c2cc1/C(C)=C/C(=O)Nc1cc(Cl)ccc1Cl. The molecule has 0 atom stereocenters. The Labute approximate surface area is 190 Å². The number of fused-ring (bicyclic) bond motifs is 1. The Morgan fingerprint density at radius 2 is 1.84 bits per heavy atom. The molecule has 0 aliphatic heterocycles. The number of benzene rings is 3. The van der Waals surface area contributed by atoms with Crippen molar-refractivity contribution in [3.05, 3.63) is 88.6 Å². The molecule has 4 rings (SSSR count). The number of nitrogens with one attached hydrogen (secondary N) is 1. The maximum absolute atomic E-state index is 12.6. The Bertz CT molecular complexity index is 1290. The third-order valence-electron chi connectivity index (χ3n) is 4.94. The van der Waals surface area contributed by atoms with E-state index in [1.807, 2.05) is 49.4 Å². The number of halogens is 2. The van der Waals surface area contributed by atoms with Gasteiger partial charge in [-0.2, -0.15) is 0 Å². The number of rotatable bonds is 5. The fourth-order valence-electron chi connectivity index (χ4n) is 3.41. The lowest BCUT2D eigenvalue weighted by atomic mass is 9.99. The highest BCUT2D eigenvalue weighted by Gasteiger charge is 2.15. The van der Waals surface area contributed by atoms with Gasteiger partial charge in [-0.15, -0.1) is 0 Å². The second kappa shape index (κ2) is 8.88. The smallest absolute Gasteiger partial charge is 0.248 e. The van der Waals surface area contributed by atoms with Crippen molar-refractivity contribution >= 4 is 51.3 Å². The number of furan rings is 1. The van der Waals surface area contributed by atoms with Crippen molar-refractivity contribution in [3.8, 4) is 16.9 Å². The van der Waals surface area contributed by atoms with Gasteiger partial charge >= 0.3 is 0 Å². The van der Waals surface area contributed by atoms with Gasteiger partial charge in [-0.1, -0.05) is 53.5 Å². The second-order valence-corrected chi connectivity index (χ2v) is 7.85. The minimum atomic E-state index is -0.320. The maximum Gasteiger partial charge on any atom is 0.248 e. The lowest BCUT2D eigenvalue weighted by molar-refractivity contribution is -0.111. The highest BCUT2D eigenvalue weighted by Crippen LogP contribution is 2.37. The molecule has 1 aromatic heterocycles. The van der Waals surface area contributed by atoms with Crippen LogP contribution in [0.15, 0.2) is 77.4 Å². The van der Waals surface area contributed by atoms with Gasteiger partial charge in [-0.05, 0) is 42.3 Å². The van der Waals surface area contributed by atoms with E-state index in [0.29, 0.717) is 27.1 Å². The molecule has 1 amide bonds. The Morgan fingerprint density at radius 1 is 1.06 bits per heavy atom. The number of carbonyl (C=O) groups is 1. The predicted octanol–water partition coefficient (Wildman–Crippen LogP) is 7.46. The number of anilines is 1. The molecule has 0 fully saturated rings. The first-order chi connectivity index (χ1) is 15.0. The summed E-state index contributed by atoms with van der Waals surface area (Å²) in [5.41, 5.74) is 4.71. The number of ether oxygens (including phenoxy) is 1. The molecule has 0 saturated heterocycles. The molecule has 3 aromatic carbocycles. The van der Waals surface area contributed by atoms with Crippen LogP contribution in [0.3, 0.4) is 0 Å². The van der Waals surface area contributed by atoms with E-state index in [1.165, 1.54) is 6.08 Å². The summed E-state index contributed by atoms with van der Waals surface area (Å²) >= 11 is 12.1. The third-order valence-corrected chi connectivity index (χ3v) is 5.50. The molecule has 0 aliphatic rings. The quantitative estimate of drug-likeness (QED) is 0.320. The zero-order valence-corrected chi connectivity index (χ0v) is 18.4. The summed E-state index contributed by atoms with van der Waals surface area (Å²) in [6.45, 7) is 1.85. The van der Waals surface area contributed by atoms with Crippen molar-refractivity contribution in [1.82, 2.24) is 0 Å². The molecule has 0 radical (unpaired) electrons. The minimum absolute atomic E-state index is 0.320. The molecular weight excluding hydrogens is 433 g/mol. The van der Waals surface area contributed by atoms with Crippen LogP contribution in [0.1, 0.15) is 12.5 Å². The zero-order valence-electron chi connectivity index (χ0n) is 16.9. The first-order valence-electron chi connectivity index (χ1n) is 9.55. The number of methoxy groups -OCH3 is 1. The van der Waals surface area contributed by atoms with Gasteiger partial charge in [0.15, 0.2) is 0 Å². The molecule has 6 heteroatoms. The molecule has 0 aliphatic carbocycles. The number of carbonyl (C=O) groups excluding carboxylic acids is 1. The third kappa shape index (κ3) is 4.46. The van der Waals surface area contributed by atoms with Crippen molar-refractivity contribution in [3.63, 3.8) is 0 Å². The monoisotopic (exact) mass is 451 g/mol. The van der Waals surface area contributed by atoms with Gasteiger partial charge in [-0.25, -0.2) is 0 Å². The van der Waals surface area contributed by atoms with Gasteiger partial charge in [-0.3, -0.25) is 4.79 Å². The van der Waals surface area contributed by atoms with Crippen LogP contribution in [0.4, 0.5) is 5.69 Å². The average Bonchev–Trinajstić information content (AvgIpc) is 3.18. The summed E-state index contributed by atoms with van der Waals surface area (Å²) in [7, 11) is 1.59. The van der Waals surface area contributed by atoms with E-state index in [1.54, 1.807) is 31.6 Å². The summed E-state index contributed by atoms with van der Waals surface area (Å²) in [4.78, 5) is 12.6. The van der Waals surface area contributed by atoms with E-state index in [9.17, 15) is 4.79 Å². The van der Waals surface area contributed by atoms with Crippen LogP contribution < -0.4 is 10.1 Å². The van der Waals surface area contributed by atoms with Crippen LogP contribution in [0.25, 0.3) is 27.7 Å². The highest BCUT2D eigenvalue weighted by molar-refractivity contribution is 6.35. The van der Waals surface area contributed by atoms with Crippen molar-refractivity contribution in [2.75, 3.05) is 12.4 Å². The summed E-state index contributed by atoms with van der Waals surface area (Å²) in [5, 5.41) is 4.60. The molecule has 0 unspecified atom stereocenters. The van der Waals surface area contributed by atoms with Crippen LogP contribution >= 0.6 is 23.2 Å². The van der Waals surface area contributed by atoms with E-state index in [4.69, 9.17) is 32.4 Å². The molecule has 1 N–H and O–H groups in total. The Kier molecular flexibility index (Phi) is 6.03. The second-order valence-electron chi connectivity index (χ2n) is 7.00. The molecule has 4 aromatic rings. The minimum Gasteiger partial charge on any atom is -0.496 e. The summed E-state index contributed by atoms with van der Waals surface area (Å²) in [5.74, 6) is 0.295. The van der Waals surface area contributed by atoms with Crippen molar-refractivity contribution in [2.45, 2.75) is 6.92 Å². The van der Waals surface area contributed by atoms with E-state index < -0.39 is 0 Å². The van der Waals surface area contributed by atoms with Crippen LogP contribution in [0, 0.1) is 0 Å². The molecule has 0 spiro atoms. The van der Waals surface area contributed by atoms with Crippen molar-refractivity contribution in [2.24, 2.45) is 0 Å². The van der Waals surface area contributed by atoms with Gasteiger partial charge in [0.05, 0.1) is 24.1 Å². The van der Waals surface area contributed by atoms with Gasteiger partial charge in [0.2, 0.25) is 5.91 Å². The largest absolute Gasteiger partial charge is 0.496 e. The first-order valence-corrected chi connectivity index (χ1v) is 10.3. The number of hydrogen-bond donors (Lipinski definition) is 1. The van der Waals surface area contributed by atoms with Gasteiger partial charge < -0.3 is 14.5 Å². The zero-order chi connectivity index (χ0) is 22.0. The fraction of sp³-hybridized carbons (Fsp3) is 0.0800. The average molecular weight is 452 g/mol. The molecule has 156 valence electrons. The molecule has 0 saturated carbocycles. The lowest BCUT2D eigenvalue weighted by Gasteiger charge is -2.11. The molecule has 31 heavy (non-hydrogen) atoms. The molecule has 0 bridgehead atoms. The Balaban J connectivity index is 1.71. The normalized spacial score (nSPS) is 11.5. The number of amides is 1. The highest BCUT2D eigenvalue weighted by atomic mass is 35.5. The van der Waals surface area contributed by atoms with Gasteiger partial charge in [0.1, 0.15) is 11.3 Å². The fourth-order valence-corrected chi connectivity index (χ4v) is 3.75. The van der Waals surface area contributed by atoms with Crippen molar-refractivity contribution in [1.29, 1.82) is 0 Å². The first kappa shape index (κ1) is 21.0. The number of hydrogen-bond acceptors (Lipinski definition) is 3. The lowest BCUT2D eigenvalue weighted by Crippen LogP contribution is -2.09. The maximum atomic E-state index is 12.6. The van der Waals surface area contributed by atoms with Crippen LogP contribution in [-0.4, -0.2) is 13.0 Å². The van der Waals surface area contributed by atoms with E-state index in [0.717, 1.165) is 27.6 Å². The summed E-state index contributed by atoms with van der Waals surface area (Å²) in [6, 6.07) is 18.7. The Morgan fingerprint density at radius 3 is 2.58 bits per heavy atom. The van der Waals surface area contributed by atoms with Gasteiger partial charge in [0.25, 0.3) is 0 Å². The van der Waals surface area contributed by atoms with Crippen molar-refractivity contribution < 1.29 is 13.9 Å². The van der Waals surface area contributed by atoms with Crippen LogP contribution in [0.5, 0.6) is 5.75 Å². The van der Waals surface area contributed by atoms with E-state index in [-0.39, 0.29) is 5.91 Å². The Hall–Kier alpha value is -3.21. The van der Waals surface area contributed by atoms with Crippen LogP contribution in [-0.2, 0) is 4.79 Å². The molecular formula is C25H19Cl2NO3. The summed E-state index contributed by atoms with van der Waals surface area (Å²) in [6.07, 6.45) is 3.24. The molecule has 4 nitrogen and oxygen atoms in total. The standard InChI is InChI=1S/C25H19Cl2NO3/c1-15(10-25(29)28-22-11-17(26)8-9-21(22)27)18-12-19-20(16-6-4-3-5-7-16)14-31-24(19)13-23(18)30-2/h3-14H,1-2H3,(H,28,29)/b15-10+. The predicted molar refractivity (Wildman–Crippen MR) is 127 cm³/mol. The summed E-state index contributed by atoms with van der Waals surface area (Å²) < 4.78 is 11.3. The van der Waals surface area contributed by atoms with E-state index >= 15 is 0 Å². The van der Waals surface area contributed by atoms with Gasteiger partial charge in [0, 0.05) is 33.7 Å². The topological polar surface area (TPSA) is 51.5 Å². The van der Waals surface area contributed by atoms with Crippen LogP contribution in [0.2, 0.25) is 10.0 Å². The number of allylic oxidation sites excluding steroid dienone is 1. The van der Waals surface area contributed by atoms with E-state index in [2.05, 4.69) is 5.32 Å².